The first-order chi connectivity index (χ1) is 17.7. The number of halogens is 3. The van der Waals surface area contributed by atoms with E-state index >= 15 is 0 Å². The largest absolute Gasteiger partial charge is 0.445 e. The van der Waals surface area contributed by atoms with Gasteiger partial charge in [0.25, 0.3) is 0 Å². The number of hydrogen-bond donors (Lipinski definition) is 1. The predicted molar refractivity (Wildman–Crippen MR) is 155 cm³/mol. The van der Waals surface area contributed by atoms with Crippen LogP contribution in [0.25, 0.3) is 0 Å². The van der Waals surface area contributed by atoms with Crippen molar-refractivity contribution < 1.29 is 14.3 Å². The molecule has 3 heterocycles. The molecule has 0 spiro atoms. The quantitative estimate of drug-likeness (QED) is 0.334. The Kier molecular flexibility index (Phi) is 11.0. The number of benzene rings is 1. The molecule has 2 fully saturated rings. The zero-order chi connectivity index (χ0) is 27.1. The van der Waals surface area contributed by atoms with E-state index in [9.17, 15) is 9.59 Å². The molecule has 0 saturated carbocycles. The molecular weight excluding hydrogens is 622 g/mol. The molecule has 2 amide bonds. The second kappa shape index (κ2) is 13.8. The van der Waals surface area contributed by atoms with Crippen LogP contribution in [0.15, 0.2) is 45.5 Å². The van der Waals surface area contributed by atoms with Gasteiger partial charge in [-0.25, -0.2) is 4.79 Å². The zero-order valence-corrected chi connectivity index (χ0v) is 25.5. The number of cyclic esters (lactones) is 1. The summed E-state index contributed by atoms with van der Waals surface area (Å²) in [5.41, 5.74) is 6.03. The van der Waals surface area contributed by atoms with Crippen LogP contribution in [0, 0.1) is 5.92 Å². The number of nitrogens with one attached hydrogen (secondary N) is 1. The third-order valence-electron chi connectivity index (χ3n) is 6.76. The van der Waals surface area contributed by atoms with Crippen molar-refractivity contribution in [1.29, 1.82) is 0 Å². The van der Waals surface area contributed by atoms with E-state index in [0.717, 1.165) is 58.3 Å². The highest BCUT2D eigenvalue weighted by Crippen LogP contribution is 2.46. The molecular formula is C28H34Br2ClN3O3. The van der Waals surface area contributed by atoms with Gasteiger partial charge in [0.05, 0.1) is 5.69 Å². The molecule has 1 aromatic carbocycles. The van der Waals surface area contributed by atoms with E-state index in [-0.39, 0.29) is 17.9 Å². The van der Waals surface area contributed by atoms with E-state index in [0.29, 0.717) is 19.1 Å². The minimum atomic E-state index is -0.350. The number of amides is 2. The average Bonchev–Trinajstić information content (AvgIpc) is 3.04. The van der Waals surface area contributed by atoms with E-state index in [1.807, 2.05) is 31.0 Å². The third kappa shape index (κ3) is 7.58. The zero-order valence-electron chi connectivity index (χ0n) is 21.6. The monoisotopic (exact) mass is 653 g/mol. The van der Waals surface area contributed by atoms with E-state index in [2.05, 4.69) is 60.6 Å². The fourth-order valence-corrected chi connectivity index (χ4v) is 6.54. The summed E-state index contributed by atoms with van der Waals surface area (Å²) in [6, 6.07) is 6.32. The Balaban J connectivity index is 0.000000322. The van der Waals surface area contributed by atoms with Gasteiger partial charge in [-0.3, -0.25) is 9.78 Å². The van der Waals surface area contributed by atoms with Gasteiger partial charge in [-0.1, -0.05) is 48.0 Å². The summed E-state index contributed by atoms with van der Waals surface area (Å²) >= 11 is 13.7. The highest BCUT2D eigenvalue weighted by atomic mass is 79.9. The number of carbonyl (C=O) groups excluding carboxylic acids is 2. The average molecular weight is 656 g/mol. The number of hydrogen-bond acceptors (Lipinski definition) is 4. The molecule has 1 unspecified atom stereocenters. The molecule has 200 valence electrons. The number of fused-ring (bicyclic) bond motifs is 2. The molecule has 0 bridgehead atoms. The molecule has 37 heavy (non-hydrogen) atoms. The molecule has 2 aliphatic heterocycles. The standard InChI is InChI=1S/C21H21Br2ClN2O.C5H7NO2.C2H6/c1-12(27)26-6-4-13(5-7-26)20-19-14(9-17(24)10-18(19)23)2-3-15-8-16(22)11-25-21(15)20;1-4-2-6-5(7)8-3-4;1-2/h8-11,13,20H,2-7H2,1H3;1-3H2,(H,6,7);1-2H3. The molecule has 5 rings (SSSR count). The summed E-state index contributed by atoms with van der Waals surface area (Å²) in [4.78, 5) is 28.8. The van der Waals surface area contributed by atoms with E-state index in [1.165, 1.54) is 22.4 Å². The van der Waals surface area contributed by atoms with Gasteiger partial charge in [-0.15, -0.1) is 0 Å². The minimum Gasteiger partial charge on any atom is -0.445 e. The van der Waals surface area contributed by atoms with Gasteiger partial charge in [-0.2, -0.15) is 0 Å². The maximum absolute atomic E-state index is 11.7. The molecule has 1 aliphatic carbocycles. The minimum absolute atomic E-state index is 0.171. The molecule has 1 aromatic heterocycles. The Bertz CT molecular complexity index is 1120. The topological polar surface area (TPSA) is 71.5 Å². The number of alkyl carbamates (subject to hydrolysis) is 1. The first kappa shape index (κ1) is 29.7. The number of nitrogens with zero attached hydrogens (tertiary/aromatic N) is 2. The van der Waals surface area contributed by atoms with E-state index < -0.39 is 0 Å². The van der Waals surface area contributed by atoms with Crippen LogP contribution in [-0.2, 0) is 22.4 Å². The lowest BCUT2D eigenvalue weighted by molar-refractivity contribution is -0.130. The van der Waals surface area contributed by atoms with Crippen molar-refractivity contribution in [2.75, 3.05) is 26.2 Å². The second-order valence-corrected chi connectivity index (χ2v) is 11.4. The summed E-state index contributed by atoms with van der Waals surface area (Å²) in [5.74, 6) is 0.860. The van der Waals surface area contributed by atoms with Crippen LogP contribution in [0.5, 0.6) is 0 Å². The van der Waals surface area contributed by atoms with Gasteiger partial charge < -0.3 is 15.0 Å². The van der Waals surface area contributed by atoms with Gasteiger partial charge in [0, 0.05) is 52.6 Å². The van der Waals surface area contributed by atoms with Crippen molar-refractivity contribution >= 4 is 55.5 Å². The van der Waals surface area contributed by atoms with Gasteiger partial charge in [0.1, 0.15) is 6.61 Å². The number of aryl methyl sites for hydroxylation is 2. The van der Waals surface area contributed by atoms with Crippen LogP contribution in [0.1, 0.15) is 61.9 Å². The molecule has 9 heteroatoms. The van der Waals surface area contributed by atoms with Crippen LogP contribution < -0.4 is 5.32 Å². The summed E-state index contributed by atoms with van der Waals surface area (Å²) in [5, 5.41) is 3.24. The second-order valence-electron chi connectivity index (χ2n) is 9.16. The van der Waals surface area contributed by atoms with Crippen molar-refractivity contribution in [2.45, 2.75) is 52.4 Å². The Morgan fingerprint density at radius 3 is 2.43 bits per heavy atom. The lowest BCUT2D eigenvalue weighted by atomic mass is 9.76. The highest BCUT2D eigenvalue weighted by molar-refractivity contribution is 9.10. The summed E-state index contributed by atoms with van der Waals surface area (Å²) in [7, 11) is 0. The Labute approximate surface area is 241 Å². The first-order valence-corrected chi connectivity index (χ1v) is 14.6. The van der Waals surface area contributed by atoms with Crippen molar-refractivity contribution in [3.63, 3.8) is 0 Å². The van der Waals surface area contributed by atoms with E-state index in [1.54, 1.807) is 6.92 Å². The molecule has 2 saturated heterocycles. The molecule has 1 atom stereocenters. The van der Waals surface area contributed by atoms with Gasteiger partial charge in [-0.05, 0) is 88.0 Å². The van der Waals surface area contributed by atoms with Crippen molar-refractivity contribution in [3.8, 4) is 0 Å². The molecule has 2 aromatic rings. The molecule has 1 N–H and O–H groups in total. The van der Waals surface area contributed by atoms with Crippen LogP contribution in [0.4, 0.5) is 4.79 Å². The number of ether oxygens (including phenoxy) is 1. The van der Waals surface area contributed by atoms with E-state index in [4.69, 9.17) is 16.6 Å². The van der Waals surface area contributed by atoms with Crippen LogP contribution in [-0.4, -0.2) is 48.1 Å². The predicted octanol–water partition coefficient (Wildman–Crippen LogP) is 7.06. The Hall–Kier alpha value is -1.90. The summed E-state index contributed by atoms with van der Waals surface area (Å²) < 4.78 is 6.63. The SMILES string of the molecule is C=C1CNC(=O)OC1.CC.CC(=O)N1CCC(C2c3ncc(Br)cc3CCc3cc(Cl)cc(Br)c32)CC1. The lowest BCUT2D eigenvalue weighted by Gasteiger charge is -2.36. The smallest absolute Gasteiger partial charge is 0.407 e. The van der Waals surface area contributed by atoms with Crippen molar-refractivity contribution in [3.05, 3.63) is 72.9 Å². The van der Waals surface area contributed by atoms with Crippen LogP contribution in [0.3, 0.4) is 0 Å². The first-order valence-electron chi connectivity index (χ1n) is 12.7. The summed E-state index contributed by atoms with van der Waals surface area (Å²) in [6.07, 6.45) is 5.47. The van der Waals surface area contributed by atoms with Crippen molar-refractivity contribution in [2.24, 2.45) is 5.92 Å². The normalized spacial score (nSPS) is 19.0. The number of aromatic nitrogens is 1. The molecule has 0 radical (unpaired) electrons. The maximum Gasteiger partial charge on any atom is 0.407 e. The van der Waals surface area contributed by atoms with Crippen LogP contribution >= 0.6 is 43.5 Å². The Morgan fingerprint density at radius 1 is 1.16 bits per heavy atom. The van der Waals surface area contributed by atoms with Crippen LogP contribution in [0.2, 0.25) is 5.02 Å². The van der Waals surface area contributed by atoms with Crippen molar-refractivity contribution in [1.82, 2.24) is 15.2 Å². The number of rotatable bonds is 1. The highest BCUT2D eigenvalue weighted by Gasteiger charge is 2.35. The molecule has 3 aliphatic rings. The third-order valence-corrected chi connectivity index (χ3v) is 8.07. The fraction of sp³-hybridized carbons (Fsp3) is 0.464. The Morgan fingerprint density at radius 2 is 1.84 bits per heavy atom. The fourth-order valence-electron chi connectivity index (χ4n) is 5.04. The number of pyridine rings is 1. The van der Waals surface area contributed by atoms with Gasteiger partial charge >= 0.3 is 6.09 Å². The number of carbonyl (C=O) groups is 2. The number of likely N-dealkylation sites (tertiary alicyclic amines) is 1. The van der Waals surface area contributed by atoms with Gasteiger partial charge in [0.2, 0.25) is 5.91 Å². The summed E-state index contributed by atoms with van der Waals surface area (Å²) in [6.45, 7) is 11.8. The number of piperidine rings is 1. The maximum atomic E-state index is 11.7. The van der Waals surface area contributed by atoms with Gasteiger partial charge in [0.15, 0.2) is 0 Å². The lowest BCUT2D eigenvalue weighted by Crippen LogP contribution is -2.39. The molecule has 6 nitrogen and oxygen atoms in total.